The van der Waals surface area contributed by atoms with E-state index < -0.39 is 0 Å². The monoisotopic (exact) mass is 637 g/mol. The zero-order valence-electron chi connectivity index (χ0n) is 27.2. The summed E-state index contributed by atoms with van der Waals surface area (Å²) in [4.78, 5) is 4.80. The van der Waals surface area contributed by atoms with Crippen molar-refractivity contribution in [3.05, 3.63) is 188 Å². The molecule has 234 valence electrons. The SMILES string of the molecule is c1ccc(-c2ccc(-c3cccc(-n4c5ccccc5c5cc(-c6ccc7c(c6)c6ccccc6n7-c6ccccc6)ccc54)c3)cn2)cc1. The van der Waals surface area contributed by atoms with Crippen LogP contribution in [0.2, 0.25) is 0 Å². The third kappa shape index (κ3) is 4.56. The maximum Gasteiger partial charge on any atom is 0.0702 e. The van der Waals surface area contributed by atoms with Crippen molar-refractivity contribution in [2.24, 2.45) is 0 Å². The quantitative estimate of drug-likeness (QED) is 0.184. The van der Waals surface area contributed by atoms with E-state index in [2.05, 4.69) is 173 Å². The first kappa shape index (κ1) is 28.3. The Kier molecular flexibility index (Phi) is 6.49. The van der Waals surface area contributed by atoms with Gasteiger partial charge in [0.15, 0.2) is 0 Å². The summed E-state index contributed by atoms with van der Waals surface area (Å²) in [5.74, 6) is 0. The molecule has 3 nitrogen and oxygen atoms in total. The number of rotatable bonds is 5. The molecular weight excluding hydrogens is 607 g/mol. The summed E-state index contributed by atoms with van der Waals surface area (Å²) in [6, 6.07) is 65.3. The lowest BCUT2D eigenvalue weighted by atomic mass is 10.0. The molecule has 0 saturated heterocycles. The fourth-order valence-electron chi connectivity index (χ4n) is 7.61. The van der Waals surface area contributed by atoms with E-state index in [4.69, 9.17) is 4.98 Å². The van der Waals surface area contributed by atoms with E-state index in [-0.39, 0.29) is 0 Å². The molecule has 0 aliphatic heterocycles. The van der Waals surface area contributed by atoms with Gasteiger partial charge in [-0.1, -0.05) is 115 Å². The molecule has 0 atom stereocenters. The second-order valence-corrected chi connectivity index (χ2v) is 12.9. The first-order chi connectivity index (χ1) is 24.8. The van der Waals surface area contributed by atoms with E-state index in [0.29, 0.717) is 0 Å². The average molecular weight is 638 g/mol. The first-order valence-corrected chi connectivity index (χ1v) is 17.0. The van der Waals surface area contributed by atoms with Gasteiger partial charge in [0.05, 0.1) is 27.8 Å². The Morgan fingerprint density at radius 1 is 0.300 bits per heavy atom. The molecule has 0 amide bonds. The summed E-state index contributed by atoms with van der Waals surface area (Å²) < 4.78 is 4.76. The molecule has 0 unspecified atom stereocenters. The number of benzene rings is 7. The van der Waals surface area contributed by atoms with Crippen LogP contribution >= 0.6 is 0 Å². The molecule has 0 N–H and O–H groups in total. The van der Waals surface area contributed by atoms with Crippen molar-refractivity contribution < 1.29 is 0 Å². The van der Waals surface area contributed by atoms with Crippen LogP contribution in [0.25, 0.3) is 88.5 Å². The molecule has 10 aromatic rings. The van der Waals surface area contributed by atoms with Crippen LogP contribution in [0, 0.1) is 0 Å². The Hall–Kier alpha value is -6.71. The van der Waals surface area contributed by atoms with E-state index in [1.54, 1.807) is 0 Å². The average Bonchev–Trinajstić information content (AvgIpc) is 3.71. The van der Waals surface area contributed by atoms with Crippen molar-refractivity contribution in [1.82, 2.24) is 14.1 Å². The molecule has 0 saturated carbocycles. The highest BCUT2D eigenvalue weighted by molar-refractivity contribution is 6.12. The topological polar surface area (TPSA) is 22.8 Å². The third-order valence-electron chi connectivity index (χ3n) is 9.96. The summed E-state index contributed by atoms with van der Waals surface area (Å²) in [6.45, 7) is 0. The van der Waals surface area contributed by atoms with Crippen molar-refractivity contribution in [2.75, 3.05) is 0 Å². The van der Waals surface area contributed by atoms with Crippen LogP contribution in [-0.4, -0.2) is 14.1 Å². The van der Waals surface area contributed by atoms with Crippen LogP contribution in [0.5, 0.6) is 0 Å². The van der Waals surface area contributed by atoms with Gasteiger partial charge in [0.1, 0.15) is 0 Å². The van der Waals surface area contributed by atoms with E-state index >= 15 is 0 Å². The molecule has 0 aliphatic rings. The maximum absolute atomic E-state index is 4.80. The van der Waals surface area contributed by atoms with Crippen LogP contribution in [-0.2, 0) is 0 Å². The molecule has 0 fully saturated rings. The standard InChI is InChI=1S/C47H31N3/c1-3-12-32(13-4-1)43-25-22-36(31-48-43)33-14-11-17-38(28-33)50-45-21-10-8-19-40(45)42-30-35(24-27-47(42)50)34-23-26-46-41(29-34)39-18-7-9-20-44(39)49(46)37-15-5-2-6-16-37/h1-31H. The summed E-state index contributed by atoms with van der Waals surface area (Å²) in [7, 11) is 0. The molecule has 0 bridgehead atoms. The number of fused-ring (bicyclic) bond motifs is 6. The Labute approximate surface area is 290 Å². The molecule has 10 rings (SSSR count). The van der Waals surface area contributed by atoms with Gasteiger partial charge in [0.2, 0.25) is 0 Å². The van der Waals surface area contributed by atoms with Crippen molar-refractivity contribution >= 4 is 43.6 Å². The van der Waals surface area contributed by atoms with Gasteiger partial charge in [0, 0.05) is 50.2 Å². The first-order valence-electron chi connectivity index (χ1n) is 17.0. The van der Waals surface area contributed by atoms with Gasteiger partial charge >= 0.3 is 0 Å². The summed E-state index contributed by atoms with van der Waals surface area (Å²) in [5.41, 5.74) is 13.9. The zero-order valence-corrected chi connectivity index (χ0v) is 27.2. The van der Waals surface area contributed by atoms with Crippen LogP contribution in [0.4, 0.5) is 0 Å². The lowest BCUT2D eigenvalue weighted by Crippen LogP contribution is -1.94. The fourth-order valence-corrected chi connectivity index (χ4v) is 7.61. The Balaban J connectivity index is 1.08. The molecular formula is C47H31N3. The summed E-state index contributed by atoms with van der Waals surface area (Å²) >= 11 is 0. The van der Waals surface area contributed by atoms with E-state index in [1.165, 1.54) is 60.4 Å². The Bertz CT molecular complexity index is 2840. The molecule has 3 heterocycles. The number of nitrogens with zero attached hydrogens (tertiary/aromatic N) is 3. The van der Waals surface area contributed by atoms with Crippen molar-refractivity contribution in [1.29, 1.82) is 0 Å². The second-order valence-electron chi connectivity index (χ2n) is 12.9. The Morgan fingerprint density at radius 3 is 1.40 bits per heavy atom. The zero-order chi connectivity index (χ0) is 33.0. The summed E-state index contributed by atoms with van der Waals surface area (Å²) in [6.07, 6.45) is 1.98. The lowest BCUT2D eigenvalue weighted by Gasteiger charge is -2.11. The predicted octanol–water partition coefficient (Wildman–Crippen LogP) is 12.3. The van der Waals surface area contributed by atoms with Gasteiger partial charge in [-0.3, -0.25) is 4.98 Å². The van der Waals surface area contributed by atoms with E-state index in [1.807, 2.05) is 24.4 Å². The van der Waals surface area contributed by atoms with Crippen LogP contribution in [0.3, 0.4) is 0 Å². The van der Waals surface area contributed by atoms with Gasteiger partial charge in [-0.05, 0) is 83.4 Å². The Morgan fingerprint density at radius 2 is 0.780 bits per heavy atom. The minimum atomic E-state index is 0.977. The highest BCUT2D eigenvalue weighted by atomic mass is 15.0. The van der Waals surface area contributed by atoms with Gasteiger partial charge in [0.25, 0.3) is 0 Å². The molecule has 3 heteroatoms. The van der Waals surface area contributed by atoms with Gasteiger partial charge in [-0.15, -0.1) is 0 Å². The lowest BCUT2D eigenvalue weighted by molar-refractivity contribution is 1.18. The normalized spacial score (nSPS) is 11.6. The molecule has 7 aromatic carbocycles. The second kappa shape index (κ2) is 11.5. The molecule has 0 aliphatic carbocycles. The molecule has 3 aromatic heterocycles. The smallest absolute Gasteiger partial charge is 0.0702 e. The van der Waals surface area contributed by atoms with Gasteiger partial charge < -0.3 is 9.13 Å². The number of hydrogen-bond acceptors (Lipinski definition) is 1. The fraction of sp³-hybridized carbons (Fsp3) is 0. The number of hydrogen-bond donors (Lipinski definition) is 0. The summed E-state index contributed by atoms with van der Waals surface area (Å²) in [5, 5.41) is 5.00. The van der Waals surface area contributed by atoms with E-state index in [0.717, 1.165) is 28.1 Å². The van der Waals surface area contributed by atoms with Crippen molar-refractivity contribution in [2.45, 2.75) is 0 Å². The molecule has 0 radical (unpaired) electrons. The van der Waals surface area contributed by atoms with Crippen LogP contribution in [0.1, 0.15) is 0 Å². The number of aromatic nitrogens is 3. The van der Waals surface area contributed by atoms with Gasteiger partial charge in [-0.2, -0.15) is 0 Å². The van der Waals surface area contributed by atoms with Crippen molar-refractivity contribution in [3.8, 4) is 44.9 Å². The minimum Gasteiger partial charge on any atom is -0.309 e. The molecule has 0 spiro atoms. The van der Waals surface area contributed by atoms with Gasteiger partial charge in [-0.25, -0.2) is 0 Å². The third-order valence-corrected chi connectivity index (χ3v) is 9.96. The number of para-hydroxylation sites is 3. The van der Waals surface area contributed by atoms with Crippen molar-refractivity contribution in [3.63, 3.8) is 0 Å². The van der Waals surface area contributed by atoms with Crippen LogP contribution in [0.15, 0.2) is 188 Å². The highest BCUT2D eigenvalue weighted by Crippen LogP contribution is 2.38. The predicted molar refractivity (Wildman–Crippen MR) is 209 cm³/mol. The minimum absolute atomic E-state index is 0.977. The van der Waals surface area contributed by atoms with E-state index in [9.17, 15) is 0 Å². The number of pyridine rings is 1. The van der Waals surface area contributed by atoms with Crippen LogP contribution < -0.4 is 0 Å². The highest BCUT2D eigenvalue weighted by Gasteiger charge is 2.16. The maximum atomic E-state index is 4.80. The largest absolute Gasteiger partial charge is 0.309 e. The molecule has 50 heavy (non-hydrogen) atoms.